The summed E-state index contributed by atoms with van der Waals surface area (Å²) < 4.78 is 20.0. The molecule has 3 aromatic rings. The smallest absolute Gasteiger partial charge is 0.319 e. The van der Waals surface area contributed by atoms with Crippen LogP contribution in [0.3, 0.4) is 0 Å². The molecule has 2 aromatic carbocycles. The molecule has 1 fully saturated rings. The molecule has 0 aliphatic carbocycles. The maximum atomic E-state index is 13.8. The van der Waals surface area contributed by atoms with E-state index in [0.29, 0.717) is 37.7 Å². The summed E-state index contributed by atoms with van der Waals surface area (Å²) in [6.45, 7) is 6.77. The van der Waals surface area contributed by atoms with Crippen LogP contribution in [0, 0.1) is 11.3 Å². The molecule has 0 radical (unpaired) electrons. The van der Waals surface area contributed by atoms with Gasteiger partial charge in [-0.2, -0.15) is 15.2 Å². The highest BCUT2D eigenvalue weighted by Crippen LogP contribution is 2.37. The van der Waals surface area contributed by atoms with Crippen LogP contribution < -0.4 is 14.5 Å². The molecule has 43 heavy (non-hydrogen) atoms. The van der Waals surface area contributed by atoms with Crippen LogP contribution in [0.25, 0.3) is 10.8 Å². The van der Waals surface area contributed by atoms with Gasteiger partial charge >= 0.3 is 6.01 Å². The average Bonchev–Trinajstić information content (AvgIpc) is 3.43. The summed E-state index contributed by atoms with van der Waals surface area (Å²) in [6.07, 6.45) is 3.89. The van der Waals surface area contributed by atoms with Crippen molar-refractivity contribution >= 4 is 39.8 Å². The minimum atomic E-state index is -1.02. The summed E-state index contributed by atoms with van der Waals surface area (Å²) in [4.78, 5) is 30.2. The van der Waals surface area contributed by atoms with Gasteiger partial charge in [0.1, 0.15) is 12.4 Å². The lowest BCUT2D eigenvalue weighted by Gasteiger charge is -2.42. The Hall–Kier alpha value is -4.36. The molecule has 3 aliphatic rings. The first-order chi connectivity index (χ1) is 20.8. The SMILES string of the molecule is C=C(F)C(=O)N1CCN(c2nc(OCC3=CCCN3C)nc3c2CCN(c2cccc4cccc(Cl)c24)C3)C[C@@H]1CC#N. The van der Waals surface area contributed by atoms with Gasteiger partial charge in [0.05, 0.1) is 35.8 Å². The lowest BCUT2D eigenvalue weighted by atomic mass is 10.0. The molecular formula is C32H33ClFN7O2. The van der Waals surface area contributed by atoms with Gasteiger partial charge in [-0.05, 0) is 30.4 Å². The fourth-order valence-corrected chi connectivity index (χ4v) is 6.52. The third kappa shape index (κ3) is 5.69. The van der Waals surface area contributed by atoms with Crippen LogP contribution >= 0.6 is 11.6 Å². The quantitative estimate of drug-likeness (QED) is 0.355. The van der Waals surface area contributed by atoms with Gasteiger partial charge < -0.3 is 24.3 Å². The summed E-state index contributed by atoms with van der Waals surface area (Å²) >= 11 is 6.67. The second kappa shape index (κ2) is 12.1. The molecule has 1 aromatic heterocycles. The number of anilines is 2. The number of rotatable bonds is 7. The van der Waals surface area contributed by atoms with Crippen LogP contribution in [0.5, 0.6) is 6.01 Å². The number of likely N-dealkylation sites (N-methyl/N-ethyl adjacent to an activating group) is 1. The number of amides is 1. The predicted molar refractivity (Wildman–Crippen MR) is 165 cm³/mol. The number of hydrogen-bond acceptors (Lipinski definition) is 8. The van der Waals surface area contributed by atoms with E-state index in [1.54, 1.807) is 0 Å². The minimum Gasteiger partial charge on any atom is -0.457 e. The first-order valence-corrected chi connectivity index (χ1v) is 14.8. The molecule has 6 rings (SSSR count). The van der Waals surface area contributed by atoms with E-state index in [1.807, 2.05) is 25.2 Å². The molecule has 0 spiro atoms. The number of ether oxygens (including phenoxy) is 1. The Morgan fingerprint density at radius 2 is 1.98 bits per heavy atom. The Morgan fingerprint density at radius 3 is 2.72 bits per heavy atom. The Kier molecular flexibility index (Phi) is 8.08. The van der Waals surface area contributed by atoms with Gasteiger partial charge in [0, 0.05) is 62.1 Å². The maximum Gasteiger partial charge on any atom is 0.319 e. The van der Waals surface area contributed by atoms with Gasteiger partial charge in [0.2, 0.25) is 0 Å². The molecule has 4 heterocycles. The number of hydrogen-bond donors (Lipinski definition) is 0. The second-order valence-corrected chi connectivity index (χ2v) is 11.5. The van der Waals surface area contributed by atoms with Crippen molar-refractivity contribution in [2.45, 2.75) is 31.8 Å². The number of piperazine rings is 1. The topological polar surface area (TPSA) is 88.8 Å². The van der Waals surface area contributed by atoms with Gasteiger partial charge in [-0.15, -0.1) is 0 Å². The van der Waals surface area contributed by atoms with Gasteiger partial charge in [-0.3, -0.25) is 4.79 Å². The number of nitriles is 1. The van der Waals surface area contributed by atoms with Crippen molar-refractivity contribution in [2.75, 3.05) is 56.2 Å². The highest BCUT2D eigenvalue weighted by Gasteiger charge is 2.35. The standard InChI is InChI=1S/C32H33ClFN7O2/c1-21(34)31(42)41-17-16-40(18-23(41)11-13-35)30-25-12-15-39(28-10-4-7-22-6-3-9-26(33)29(22)28)19-27(25)36-32(37-30)43-20-24-8-5-14-38(24)2/h3-4,6-10,23H,1,5,11-12,14-20H2,2H3/t23-/m0/s1. The minimum absolute atomic E-state index is 0.0717. The average molecular weight is 602 g/mol. The van der Waals surface area contributed by atoms with E-state index in [1.165, 1.54) is 4.90 Å². The van der Waals surface area contributed by atoms with Crippen molar-refractivity contribution in [1.82, 2.24) is 19.8 Å². The molecule has 222 valence electrons. The zero-order valence-corrected chi connectivity index (χ0v) is 24.9. The molecule has 0 bridgehead atoms. The Bertz CT molecular complexity index is 1650. The zero-order valence-electron chi connectivity index (χ0n) is 24.1. The molecule has 0 N–H and O–H groups in total. The Balaban J connectivity index is 1.35. The number of carbonyl (C=O) groups is 1. The number of nitrogens with zero attached hydrogens (tertiary/aromatic N) is 7. The summed E-state index contributed by atoms with van der Waals surface area (Å²) in [5.74, 6) is -1.06. The number of fused-ring (bicyclic) bond motifs is 2. The second-order valence-electron chi connectivity index (χ2n) is 11.1. The van der Waals surface area contributed by atoms with Crippen molar-refractivity contribution in [3.05, 3.63) is 76.9 Å². The zero-order chi connectivity index (χ0) is 30.1. The van der Waals surface area contributed by atoms with Crippen LogP contribution in [0.4, 0.5) is 15.9 Å². The summed E-state index contributed by atoms with van der Waals surface area (Å²) in [5, 5.41) is 12.3. The molecule has 0 saturated carbocycles. The number of halogens is 2. The normalized spacial score (nSPS) is 18.4. The summed E-state index contributed by atoms with van der Waals surface area (Å²) in [5.41, 5.74) is 4.00. The first kappa shape index (κ1) is 28.7. The highest BCUT2D eigenvalue weighted by atomic mass is 35.5. The monoisotopic (exact) mass is 601 g/mol. The number of aromatic nitrogens is 2. The van der Waals surface area contributed by atoms with E-state index < -0.39 is 17.8 Å². The van der Waals surface area contributed by atoms with Crippen LogP contribution in [0.2, 0.25) is 5.02 Å². The van der Waals surface area contributed by atoms with Crippen molar-refractivity contribution < 1.29 is 13.9 Å². The fraction of sp³-hybridized carbons (Fsp3) is 0.375. The van der Waals surface area contributed by atoms with Crippen LogP contribution in [-0.2, 0) is 17.8 Å². The first-order valence-electron chi connectivity index (χ1n) is 14.5. The van der Waals surface area contributed by atoms with E-state index in [4.69, 9.17) is 26.3 Å². The van der Waals surface area contributed by atoms with E-state index in [-0.39, 0.29) is 19.0 Å². The summed E-state index contributed by atoms with van der Waals surface area (Å²) in [7, 11) is 2.04. The lowest BCUT2D eigenvalue weighted by molar-refractivity contribution is -0.131. The largest absolute Gasteiger partial charge is 0.457 e. The molecule has 11 heteroatoms. The van der Waals surface area contributed by atoms with Gasteiger partial charge in [-0.1, -0.05) is 48.5 Å². The van der Waals surface area contributed by atoms with E-state index in [2.05, 4.69) is 51.6 Å². The third-order valence-corrected chi connectivity index (χ3v) is 8.80. The molecule has 9 nitrogen and oxygen atoms in total. The maximum absolute atomic E-state index is 13.8. The third-order valence-electron chi connectivity index (χ3n) is 8.48. The van der Waals surface area contributed by atoms with Gasteiger partial charge in [-0.25, -0.2) is 4.39 Å². The lowest BCUT2D eigenvalue weighted by Crippen LogP contribution is -2.55. The highest BCUT2D eigenvalue weighted by molar-refractivity contribution is 6.36. The predicted octanol–water partition coefficient (Wildman–Crippen LogP) is 4.86. The summed E-state index contributed by atoms with van der Waals surface area (Å²) in [6, 6.07) is 14.0. The Labute approximate surface area is 255 Å². The van der Waals surface area contributed by atoms with E-state index in [9.17, 15) is 14.4 Å². The Morgan fingerprint density at radius 1 is 1.16 bits per heavy atom. The molecule has 1 amide bonds. The van der Waals surface area contributed by atoms with Crippen LogP contribution in [0.15, 0.2) is 60.6 Å². The van der Waals surface area contributed by atoms with Crippen LogP contribution in [-0.4, -0.2) is 78.1 Å². The molecule has 3 aliphatic heterocycles. The van der Waals surface area contributed by atoms with Crippen molar-refractivity contribution in [3.63, 3.8) is 0 Å². The van der Waals surface area contributed by atoms with E-state index >= 15 is 0 Å². The molecular weight excluding hydrogens is 569 g/mol. The molecule has 0 unspecified atom stereocenters. The van der Waals surface area contributed by atoms with Gasteiger partial charge in [0.15, 0.2) is 5.83 Å². The van der Waals surface area contributed by atoms with Crippen molar-refractivity contribution in [3.8, 4) is 12.1 Å². The molecule has 1 atom stereocenters. The van der Waals surface area contributed by atoms with Crippen LogP contribution in [0.1, 0.15) is 24.1 Å². The van der Waals surface area contributed by atoms with E-state index in [0.717, 1.165) is 58.7 Å². The number of carbonyl (C=O) groups excluding carboxylic acids is 1. The fourth-order valence-electron chi connectivity index (χ4n) is 6.24. The van der Waals surface area contributed by atoms with Crippen molar-refractivity contribution in [1.29, 1.82) is 5.26 Å². The van der Waals surface area contributed by atoms with Crippen molar-refractivity contribution in [2.24, 2.45) is 0 Å². The molecule has 1 saturated heterocycles. The number of benzene rings is 2. The van der Waals surface area contributed by atoms with Gasteiger partial charge in [0.25, 0.3) is 5.91 Å².